The van der Waals surface area contributed by atoms with Crippen LogP contribution in [0.4, 0.5) is 0 Å². The van der Waals surface area contributed by atoms with Gasteiger partial charge in [0.1, 0.15) is 5.60 Å². The van der Waals surface area contributed by atoms with E-state index in [0.717, 1.165) is 5.56 Å². The molecule has 0 N–H and O–H groups in total. The molecule has 0 aliphatic heterocycles. The standard InChI is InChI=1S/C26H20O/c1-2-16-27-26(21-12-4-3-5-13-21)24-15-9-8-14-22(24)23-17-19-10-6-7-11-20(19)18-25(23)26/h2-15,17-18H,1,16H2. The lowest BCUT2D eigenvalue weighted by Gasteiger charge is -2.32. The first-order chi connectivity index (χ1) is 13.3. The third-order valence-corrected chi connectivity index (χ3v) is 5.46. The molecule has 27 heavy (non-hydrogen) atoms. The molecule has 1 nitrogen and oxygen atoms in total. The van der Waals surface area contributed by atoms with Gasteiger partial charge in [-0.15, -0.1) is 6.58 Å². The lowest BCUT2D eigenvalue weighted by molar-refractivity contribution is 0.0357. The number of hydrogen-bond acceptors (Lipinski definition) is 1. The molecule has 1 heteroatoms. The van der Waals surface area contributed by atoms with Crippen molar-refractivity contribution in [2.24, 2.45) is 0 Å². The Labute approximate surface area is 159 Å². The summed E-state index contributed by atoms with van der Waals surface area (Å²) in [5, 5.41) is 2.48. The fraction of sp³-hybridized carbons (Fsp3) is 0.0769. The van der Waals surface area contributed by atoms with Gasteiger partial charge in [-0.3, -0.25) is 0 Å². The summed E-state index contributed by atoms with van der Waals surface area (Å²) in [7, 11) is 0. The van der Waals surface area contributed by atoms with Gasteiger partial charge in [-0.2, -0.15) is 0 Å². The van der Waals surface area contributed by atoms with E-state index < -0.39 is 5.60 Å². The zero-order valence-corrected chi connectivity index (χ0v) is 15.1. The van der Waals surface area contributed by atoms with Crippen molar-refractivity contribution < 1.29 is 4.74 Å². The van der Waals surface area contributed by atoms with Crippen molar-refractivity contribution in [2.75, 3.05) is 6.61 Å². The average molecular weight is 348 g/mol. The highest BCUT2D eigenvalue weighted by molar-refractivity contribution is 5.94. The van der Waals surface area contributed by atoms with Gasteiger partial charge in [0, 0.05) is 11.1 Å². The Morgan fingerprint density at radius 2 is 1.37 bits per heavy atom. The number of hydrogen-bond donors (Lipinski definition) is 0. The fourth-order valence-electron chi connectivity index (χ4n) is 4.33. The number of fused-ring (bicyclic) bond motifs is 4. The molecule has 0 radical (unpaired) electrons. The van der Waals surface area contributed by atoms with E-state index >= 15 is 0 Å². The Morgan fingerprint density at radius 3 is 2.15 bits per heavy atom. The topological polar surface area (TPSA) is 9.23 Å². The Morgan fingerprint density at radius 1 is 0.704 bits per heavy atom. The van der Waals surface area contributed by atoms with Gasteiger partial charge < -0.3 is 4.74 Å². The molecule has 0 spiro atoms. The third kappa shape index (κ3) is 2.29. The first kappa shape index (κ1) is 16.0. The zero-order valence-electron chi connectivity index (χ0n) is 15.1. The van der Waals surface area contributed by atoms with Crippen LogP contribution in [0.2, 0.25) is 0 Å². The second-order valence-electron chi connectivity index (χ2n) is 6.94. The van der Waals surface area contributed by atoms with Gasteiger partial charge in [0.2, 0.25) is 0 Å². The number of rotatable bonds is 4. The fourth-order valence-corrected chi connectivity index (χ4v) is 4.33. The van der Waals surface area contributed by atoms with E-state index in [9.17, 15) is 0 Å². The molecule has 0 amide bonds. The van der Waals surface area contributed by atoms with Crippen LogP contribution in [0.25, 0.3) is 21.9 Å². The van der Waals surface area contributed by atoms with Gasteiger partial charge in [-0.25, -0.2) is 0 Å². The van der Waals surface area contributed by atoms with Crippen molar-refractivity contribution in [2.45, 2.75) is 5.60 Å². The number of ether oxygens (including phenoxy) is 1. The lowest BCUT2D eigenvalue weighted by Crippen LogP contribution is -2.30. The van der Waals surface area contributed by atoms with E-state index in [0.29, 0.717) is 6.61 Å². The lowest BCUT2D eigenvalue weighted by atomic mass is 9.83. The molecule has 1 aliphatic rings. The summed E-state index contributed by atoms with van der Waals surface area (Å²) >= 11 is 0. The van der Waals surface area contributed by atoms with Gasteiger partial charge >= 0.3 is 0 Å². The first-order valence-electron chi connectivity index (χ1n) is 9.28. The maximum Gasteiger partial charge on any atom is 0.145 e. The summed E-state index contributed by atoms with van der Waals surface area (Å²) < 4.78 is 6.61. The summed E-state index contributed by atoms with van der Waals surface area (Å²) in [6.45, 7) is 4.36. The molecule has 0 saturated heterocycles. The second kappa shape index (κ2) is 6.22. The van der Waals surface area contributed by atoms with Crippen LogP contribution in [-0.4, -0.2) is 6.61 Å². The van der Waals surface area contributed by atoms with Crippen LogP contribution in [0, 0.1) is 0 Å². The summed E-state index contributed by atoms with van der Waals surface area (Å²) in [4.78, 5) is 0. The van der Waals surface area contributed by atoms with Crippen LogP contribution in [0.1, 0.15) is 16.7 Å². The van der Waals surface area contributed by atoms with Crippen molar-refractivity contribution in [3.63, 3.8) is 0 Å². The van der Waals surface area contributed by atoms with E-state index in [1.807, 2.05) is 12.1 Å². The third-order valence-electron chi connectivity index (χ3n) is 5.46. The van der Waals surface area contributed by atoms with Crippen LogP contribution in [-0.2, 0) is 10.3 Å². The highest BCUT2D eigenvalue weighted by Gasteiger charge is 2.45. The Kier molecular flexibility index (Phi) is 3.70. The minimum atomic E-state index is -0.620. The Hall–Kier alpha value is -3.16. The van der Waals surface area contributed by atoms with Crippen molar-refractivity contribution in [3.8, 4) is 11.1 Å². The molecule has 1 aliphatic carbocycles. The molecule has 1 unspecified atom stereocenters. The molecule has 4 aromatic carbocycles. The summed E-state index contributed by atoms with van der Waals surface area (Å²) in [5.74, 6) is 0. The monoisotopic (exact) mass is 348 g/mol. The minimum Gasteiger partial charge on any atom is -0.357 e. The van der Waals surface area contributed by atoms with Gasteiger partial charge in [-0.05, 0) is 39.6 Å². The van der Waals surface area contributed by atoms with Gasteiger partial charge in [0.15, 0.2) is 0 Å². The van der Waals surface area contributed by atoms with E-state index in [4.69, 9.17) is 4.74 Å². The van der Waals surface area contributed by atoms with Gasteiger partial charge in [0.25, 0.3) is 0 Å². The van der Waals surface area contributed by atoms with Crippen molar-refractivity contribution in [1.82, 2.24) is 0 Å². The second-order valence-corrected chi connectivity index (χ2v) is 6.94. The average Bonchev–Trinajstić information content (AvgIpc) is 3.01. The normalized spacial score (nSPS) is 17.5. The van der Waals surface area contributed by atoms with Crippen LogP contribution in [0.15, 0.2) is 104 Å². The summed E-state index contributed by atoms with van der Waals surface area (Å²) in [6.07, 6.45) is 1.83. The maximum atomic E-state index is 6.61. The van der Waals surface area contributed by atoms with Crippen molar-refractivity contribution >= 4 is 10.8 Å². The zero-order chi connectivity index (χ0) is 18.3. The largest absolute Gasteiger partial charge is 0.357 e. The molecule has 0 saturated carbocycles. The molecule has 0 aromatic heterocycles. The molecule has 4 aromatic rings. The highest BCUT2D eigenvalue weighted by atomic mass is 16.5. The summed E-state index contributed by atoms with van der Waals surface area (Å²) in [5.41, 5.74) is 5.42. The van der Waals surface area contributed by atoms with Crippen molar-refractivity contribution in [3.05, 3.63) is 120 Å². The molecule has 0 heterocycles. The Balaban J connectivity index is 1.91. The van der Waals surface area contributed by atoms with E-state index in [1.54, 1.807) is 0 Å². The predicted octanol–water partition coefficient (Wildman–Crippen LogP) is 6.31. The number of benzene rings is 4. The van der Waals surface area contributed by atoms with Crippen LogP contribution < -0.4 is 0 Å². The molecule has 5 rings (SSSR count). The molecule has 1 atom stereocenters. The first-order valence-corrected chi connectivity index (χ1v) is 9.28. The highest BCUT2D eigenvalue weighted by Crippen LogP contribution is 2.54. The molecular formula is C26H20O. The van der Waals surface area contributed by atoms with Crippen LogP contribution in [0.5, 0.6) is 0 Å². The minimum absolute atomic E-state index is 0.482. The van der Waals surface area contributed by atoms with E-state index in [2.05, 4.69) is 91.5 Å². The summed E-state index contributed by atoms with van der Waals surface area (Å²) in [6, 6.07) is 32.2. The van der Waals surface area contributed by atoms with Gasteiger partial charge in [-0.1, -0.05) is 84.9 Å². The smallest absolute Gasteiger partial charge is 0.145 e. The van der Waals surface area contributed by atoms with E-state index in [1.165, 1.54) is 33.0 Å². The predicted molar refractivity (Wildman–Crippen MR) is 112 cm³/mol. The maximum absolute atomic E-state index is 6.61. The molecule has 0 fully saturated rings. The van der Waals surface area contributed by atoms with Crippen LogP contribution in [0.3, 0.4) is 0 Å². The van der Waals surface area contributed by atoms with Crippen LogP contribution >= 0.6 is 0 Å². The molecular weight excluding hydrogens is 328 g/mol. The SMILES string of the molecule is C=CCOC1(c2ccccc2)c2ccccc2-c2cc3ccccc3cc21. The van der Waals surface area contributed by atoms with Gasteiger partial charge in [0.05, 0.1) is 6.61 Å². The van der Waals surface area contributed by atoms with E-state index in [-0.39, 0.29) is 0 Å². The molecule has 0 bridgehead atoms. The van der Waals surface area contributed by atoms with Crippen molar-refractivity contribution in [1.29, 1.82) is 0 Å². The molecule has 130 valence electrons. The Bertz CT molecular complexity index is 1140. The quantitative estimate of drug-likeness (QED) is 0.392.